The van der Waals surface area contributed by atoms with Crippen LogP contribution in [0.5, 0.6) is 0 Å². The van der Waals surface area contributed by atoms with Crippen molar-refractivity contribution in [3.8, 4) is 0 Å². The second-order valence-corrected chi connectivity index (χ2v) is 2.02. The molecule has 11 nitrogen and oxygen atoms in total. The first-order chi connectivity index (χ1) is 2.56. The SMILES string of the molecule is COP(=O)(O)O.O.O.O.O.O.O.O. The second kappa shape index (κ2) is 29.7. The molecule has 12 heteroatoms. The minimum absolute atomic E-state index is 0. The minimum atomic E-state index is -4.15. The van der Waals surface area contributed by atoms with E-state index < -0.39 is 7.82 Å². The van der Waals surface area contributed by atoms with Gasteiger partial charge in [0.25, 0.3) is 0 Å². The van der Waals surface area contributed by atoms with Crippen molar-refractivity contribution < 1.29 is 57.2 Å². The largest absolute Gasteiger partial charge is 0.469 e. The van der Waals surface area contributed by atoms with Crippen LogP contribution < -0.4 is 0 Å². The van der Waals surface area contributed by atoms with Gasteiger partial charge in [0.05, 0.1) is 0 Å². The number of rotatable bonds is 1. The van der Waals surface area contributed by atoms with Crippen LogP contribution in [0.1, 0.15) is 0 Å². The van der Waals surface area contributed by atoms with Gasteiger partial charge in [-0.1, -0.05) is 0 Å². The van der Waals surface area contributed by atoms with Gasteiger partial charge in [-0.15, -0.1) is 0 Å². The third kappa shape index (κ3) is 143. The van der Waals surface area contributed by atoms with Crippen molar-refractivity contribution in [1.29, 1.82) is 0 Å². The van der Waals surface area contributed by atoms with E-state index in [0.29, 0.717) is 0 Å². The molecule has 0 aromatic heterocycles. The van der Waals surface area contributed by atoms with E-state index in [-0.39, 0.29) is 38.3 Å². The predicted molar refractivity (Wildman–Crippen MR) is 44.3 cm³/mol. The van der Waals surface area contributed by atoms with Crippen molar-refractivity contribution in [2.45, 2.75) is 0 Å². The summed E-state index contributed by atoms with van der Waals surface area (Å²) in [6, 6.07) is 0. The van der Waals surface area contributed by atoms with Crippen LogP contribution in [0.3, 0.4) is 0 Å². The Kier molecular flexibility index (Phi) is 176. The molecule has 0 rings (SSSR count). The van der Waals surface area contributed by atoms with Gasteiger partial charge >= 0.3 is 7.82 Å². The van der Waals surface area contributed by atoms with Crippen LogP contribution in [-0.2, 0) is 9.09 Å². The quantitative estimate of drug-likeness (QED) is 0.421. The standard InChI is InChI=1S/CH5O4P.7H2O/c1-5-6(2,3)4;;;;;;;/h1H3,(H2,2,3,4);7*1H2. The molecule has 13 heavy (non-hydrogen) atoms. The molecule has 0 bridgehead atoms. The number of phosphoric acid groups is 1. The van der Waals surface area contributed by atoms with E-state index in [9.17, 15) is 4.57 Å². The molecule has 0 saturated carbocycles. The van der Waals surface area contributed by atoms with E-state index >= 15 is 0 Å². The van der Waals surface area contributed by atoms with E-state index in [4.69, 9.17) is 9.79 Å². The molecule has 0 aliphatic heterocycles. The molecule has 0 radical (unpaired) electrons. The third-order valence-electron chi connectivity index (χ3n) is 0.238. The first kappa shape index (κ1) is 77.0. The van der Waals surface area contributed by atoms with Gasteiger partial charge in [0.1, 0.15) is 0 Å². The number of phosphoric ester groups is 1. The van der Waals surface area contributed by atoms with Gasteiger partial charge in [0.15, 0.2) is 0 Å². The van der Waals surface area contributed by atoms with Gasteiger partial charge in [-0.3, -0.25) is 4.52 Å². The Bertz CT molecular complexity index is 74.2. The summed E-state index contributed by atoms with van der Waals surface area (Å²) in [5.41, 5.74) is 0. The van der Waals surface area contributed by atoms with Gasteiger partial charge in [-0.2, -0.15) is 0 Å². The molecular formula is CH19O11P. The van der Waals surface area contributed by atoms with Crippen molar-refractivity contribution in [3.05, 3.63) is 0 Å². The average Bonchev–Trinajstić information content (AvgIpc) is 1.35. The van der Waals surface area contributed by atoms with Crippen molar-refractivity contribution >= 4 is 7.82 Å². The van der Waals surface area contributed by atoms with Crippen LogP contribution in [0.25, 0.3) is 0 Å². The molecule has 0 aliphatic carbocycles. The highest BCUT2D eigenvalue weighted by molar-refractivity contribution is 7.46. The Balaban J connectivity index is -0.00000000595. The molecule has 0 aromatic rings. The smallest absolute Gasteiger partial charge is 0.412 e. The molecular weight excluding hydrogens is 219 g/mol. The molecule has 0 fully saturated rings. The van der Waals surface area contributed by atoms with Crippen LogP contribution in [0.2, 0.25) is 0 Å². The summed E-state index contributed by atoms with van der Waals surface area (Å²) in [5.74, 6) is 0. The molecule has 0 spiro atoms. The normalized spacial score (nSPS) is 5.46. The lowest BCUT2D eigenvalue weighted by Gasteiger charge is -1.93. The molecule has 0 unspecified atom stereocenters. The van der Waals surface area contributed by atoms with Crippen LogP contribution in [-0.4, -0.2) is 55.2 Å². The van der Waals surface area contributed by atoms with Crippen molar-refractivity contribution in [2.75, 3.05) is 7.11 Å². The average molecular weight is 238 g/mol. The first-order valence-corrected chi connectivity index (χ1v) is 2.70. The van der Waals surface area contributed by atoms with Gasteiger partial charge in [0.2, 0.25) is 0 Å². The second-order valence-electron chi connectivity index (χ2n) is 0.673. The highest BCUT2D eigenvalue weighted by atomic mass is 31.2. The Morgan fingerprint density at radius 1 is 0.846 bits per heavy atom. The van der Waals surface area contributed by atoms with Crippen LogP contribution >= 0.6 is 7.82 Å². The van der Waals surface area contributed by atoms with Gasteiger partial charge in [0, 0.05) is 7.11 Å². The molecule has 94 valence electrons. The van der Waals surface area contributed by atoms with E-state index in [1.165, 1.54) is 0 Å². The van der Waals surface area contributed by atoms with Crippen molar-refractivity contribution in [2.24, 2.45) is 0 Å². The fraction of sp³-hybridized carbons (Fsp3) is 1.00. The van der Waals surface area contributed by atoms with E-state index in [0.717, 1.165) is 7.11 Å². The predicted octanol–water partition coefficient (Wildman–Crippen LogP) is -6.05. The highest BCUT2D eigenvalue weighted by Gasteiger charge is 2.07. The zero-order valence-electron chi connectivity index (χ0n) is 6.66. The maximum absolute atomic E-state index is 9.47. The maximum Gasteiger partial charge on any atom is 0.469 e. The summed E-state index contributed by atoms with van der Waals surface area (Å²) in [4.78, 5) is 15.4. The van der Waals surface area contributed by atoms with Gasteiger partial charge in [-0.05, 0) is 0 Å². The van der Waals surface area contributed by atoms with E-state index in [1.807, 2.05) is 0 Å². The maximum atomic E-state index is 9.47. The lowest BCUT2D eigenvalue weighted by molar-refractivity contribution is 0.235. The molecule has 0 amide bonds. The summed E-state index contributed by atoms with van der Waals surface area (Å²) in [5, 5.41) is 0. The Morgan fingerprint density at radius 2 is 0.923 bits per heavy atom. The Hall–Kier alpha value is -0.170. The molecule has 0 atom stereocenters. The summed E-state index contributed by atoms with van der Waals surface area (Å²) >= 11 is 0. The minimum Gasteiger partial charge on any atom is -0.412 e. The molecule has 16 N–H and O–H groups in total. The fourth-order valence-electron chi connectivity index (χ4n) is 0. The van der Waals surface area contributed by atoms with Crippen molar-refractivity contribution in [1.82, 2.24) is 0 Å². The number of hydrogen-bond acceptors (Lipinski definition) is 2. The summed E-state index contributed by atoms with van der Waals surface area (Å²) < 4.78 is 13.1. The molecule has 0 aliphatic rings. The first-order valence-electron chi connectivity index (χ1n) is 1.17. The lowest BCUT2D eigenvalue weighted by Crippen LogP contribution is -1.76. The van der Waals surface area contributed by atoms with Gasteiger partial charge in [-0.25, -0.2) is 4.57 Å². The van der Waals surface area contributed by atoms with E-state index in [2.05, 4.69) is 4.52 Å². The lowest BCUT2D eigenvalue weighted by atomic mass is 11.8. The summed E-state index contributed by atoms with van der Waals surface area (Å²) in [6.45, 7) is 0. The summed E-state index contributed by atoms with van der Waals surface area (Å²) in [6.07, 6.45) is 0. The third-order valence-corrected chi connectivity index (χ3v) is 0.714. The van der Waals surface area contributed by atoms with Crippen molar-refractivity contribution in [3.63, 3.8) is 0 Å². The monoisotopic (exact) mass is 238 g/mol. The topological polar surface area (TPSA) is 287 Å². The van der Waals surface area contributed by atoms with Crippen LogP contribution in [0, 0.1) is 0 Å². The van der Waals surface area contributed by atoms with Crippen LogP contribution in [0.15, 0.2) is 0 Å². The zero-order chi connectivity index (χ0) is 5.21. The fourth-order valence-corrected chi connectivity index (χ4v) is 0. The van der Waals surface area contributed by atoms with Gasteiger partial charge < -0.3 is 48.1 Å². The molecule has 0 aromatic carbocycles. The highest BCUT2D eigenvalue weighted by Crippen LogP contribution is 2.33. The zero-order valence-corrected chi connectivity index (χ0v) is 7.55. The van der Waals surface area contributed by atoms with E-state index in [1.54, 1.807) is 0 Å². The van der Waals surface area contributed by atoms with Crippen LogP contribution in [0.4, 0.5) is 0 Å². The summed E-state index contributed by atoms with van der Waals surface area (Å²) in [7, 11) is -3.20. The Labute approximate surface area is 73.4 Å². The Morgan fingerprint density at radius 3 is 0.923 bits per heavy atom. The number of hydrogen-bond donors (Lipinski definition) is 2. The molecule has 0 heterocycles. The molecule has 0 saturated heterocycles.